The van der Waals surface area contributed by atoms with Crippen LogP contribution in [0.3, 0.4) is 0 Å². The van der Waals surface area contributed by atoms with Crippen molar-refractivity contribution in [2.45, 2.75) is 111 Å². The van der Waals surface area contributed by atoms with Crippen molar-refractivity contribution in [3.8, 4) is 39.9 Å². The van der Waals surface area contributed by atoms with Gasteiger partial charge in [0.15, 0.2) is 17.5 Å². The number of benzene rings is 3. The Morgan fingerprint density at radius 2 is 1.12 bits per heavy atom. The fourth-order valence-corrected chi connectivity index (χ4v) is 6.06. The molecule has 0 amide bonds. The lowest BCUT2D eigenvalue weighted by Crippen LogP contribution is -2.23. The number of ether oxygens (including phenoxy) is 2. The standard InChI is InChI=1S/C41H54N4O4/c1-6-7-8-9-10-11-12-13-14-15-16-23-48-27-33(46)28-49-34-19-22-37(38(26-34)45-47)41-43-39(35-20-17-29(2)24-31(35)4)42-40(44-41)36-21-18-30(3)25-32(36)5/h17-22,24-26,33,46H,6-16,23,27-28H2,1-5H3. The van der Waals surface area contributed by atoms with Gasteiger partial charge in [0, 0.05) is 29.4 Å². The average molecular weight is 667 g/mol. The van der Waals surface area contributed by atoms with Crippen LogP contribution in [0, 0.1) is 32.6 Å². The van der Waals surface area contributed by atoms with E-state index in [4.69, 9.17) is 24.4 Å². The van der Waals surface area contributed by atoms with Crippen LogP contribution < -0.4 is 4.74 Å². The summed E-state index contributed by atoms with van der Waals surface area (Å²) in [6.07, 6.45) is 13.3. The summed E-state index contributed by atoms with van der Waals surface area (Å²) in [7, 11) is 0. The minimum atomic E-state index is -0.788. The summed E-state index contributed by atoms with van der Waals surface area (Å²) in [6, 6.07) is 17.3. The summed E-state index contributed by atoms with van der Waals surface area (Å²) in [6.45, 7) is 11.3. The Hall–Kier alpha value is -4.01. The van der Waals surface area contributed by atoms with Crippen LogP contribution in [0.25, 0.3) is 34.2 Å². The van der Waals surface area contributed by atoms with Crippen LogP contribution in [0.1, 0.15) is 99.8 Å². The van der Waals surface area contributed by atoms with E-state index in [1.165, 1.54) is 57.8 Å². The Morgan fingerprint density at radius 3 is 1.63 bits per heavy atom. The molecule has 1 N–H and O–H groups in total. The zero-order valence-electron chi connectivity index (χ0n) is 30.1. The van der Waals surface area contributed by atoms with E-state index in [1.807, 2.05) is 52.0 Å². The van der Waals surface area contributed by atoms with Crippen LogP contribution >= 0.6 is 0 Å². The number of aryl methyl sites for hydroxylation is 4. The molecule has 0 spiro atoms. The number of hydrogen-bond donors (Lipinski definition) is 1. The molecule has 1 unspecified atom stereocenters. The van der Waals surface area contributed by atoms with E-state index < -0.39 is 6.10 Å². The summed E-state index contributed by atoms with van der Waals surface area (Å²) in [5, 5.41) is 13.7. The molecule has 8 heteroatoms. The first-order valence-corrected chi connectivity index (χ1v) is 18.1. The minimum absolute atomic E-state index is 0.0371. The summed E-state index contributed by atoms with van der Waals surface area (Å²) in [4.78, 5) is 26.6. The molecule has 1 heterocycles. The number of aliphatic hydroxyl groups excluding tert-OH is 1. The molecule has 0 saturated heterocycles. The largest absolute Gasteiger partial charge is 0.491 e. The van der Waals surface area contributed by atoms with Crippen LogP contribution in [0.4, 0.5) is 5.69 Å². The quantitative estimate of drug-likeness (QED) is 0.0696. The van der Waals surface area contributed by atoms with Gasteiger partial charge in [0.05, 0.1) is 6.61 Å². The third kappa shape index (κ3) is 11.8. The molecule has 0 saturated carbocycles. The molecule has 49 heavy (non-hydrogen) atoms. The second-order valence-corrected chi connectivity index (χ2v) is 13.3. The Bertz CT molecular complexity index is 1570. The van der Waals surface area contributed by atoms with E-state index in [9.17, 15) is 10.0 Å². The zero-order chi connectivity index (χ0) is 35.0. The monoisotopic (exact) mass is 666 g/mol. The minimum Gasteiger partial charge on any atom is -0.491 e. The van der Waals surface area contributed by atoms with Gasteiger partial charge in [-0.1, -0.05) is 119 Å². The van der Waals surface area contributed by atoms with Crippen LogP contribution in [0.5, 0.6) is 5.75 Å². The molecule has 0 radical (unpaired) electrons. The zero-order valence-corrected chi connectivity index (χ0v) is 30.1. The van der Waals surface area contributed by atoms with E-state index in [1.54, 1.807) is 18.2 Å². The van der Waals surface area contributed by atoms with Crippen LogP contribution in [-0.4, -0.2) is 46.0 Å². The number of hydrogen-bond acceptors (Lipinski definition) is 8. The number of aliphatic hydroxyl groups is 1. The maximum Gasteiger partial charge on any atom is 0.166 e. The van der Waals surface area contributed by atoms with Crippen molar-refractivity contribution in [2.75, 3.05) is 19.8 Å². The Labute approximate surface area is 292 Å². The molecule has 4 aromatic rings. The maximum absolute atomic E-state index is 12.1. The van der Waals surface area contributed by atoms with Crippen molar-refractivity contribution in [1.82, 2.24) is 15.0 Å². The van der Waals surface area contributed by atoms with E-state index >= 15 is 0 Å². The lowest BCUT2D eigenvalue weighted by Gasteiger charge is -2.14. The Balaban J connectivity index is 1.35. The summed E-state index contributed by atoms with van der Waals surface area (Å²) in [5.74, 6) is 1.80. The van der Waals surface area contributed by atoms with Gasteiger partial charge in [0.1, 0.15) is 24.1 Å². The molecule has 3 aromatic carbocycles. The molecule has 0 aliphatic carbocycles. The van der Waals surface area contributed by atoms with Gasteiger partial charge in [0.2, 0.25) is 0 Å². The van der Waals surface area contributed by atoms with E-state index in [2.05, 4.69) is 24.2 Å². The number of aromatic nitrogens is 3. The lowest BCUT2D eigenvalue weighted by atomic mass is 10.0. The van der Waals surface area contributed by atoms with Crippen molar-refractivity contribution >= 4 is 5.69 Å². The summed E-state index contributed by atoms with van der Waals surface area (Å²) >= 11 is 0. The first kappa shape index (κ1) is 37.8. The lowest BCUT2D eigenvalue weighted by molar-refractivity contribution is 0.0110. The van der Waals surface area contributed by atoms with Gasteiger partial charge < -0.3 is 14.6 Å². The van der Waals surface area contributed by atoms with Crippen LogP contribution in [0.2, 0.25) is 0 Å². The second-order valence-electron chi connectivity index (χ2n) is 13.3. The van der Waals surface area contributed by atoms with E-state index in [0.717, 1.165) is 46.2 Å². The highest BCUT2D eigenvalue weighted by Crippen LogP contribution is 2.35. The van der Waals surface area contributed by atoms with Gasteiger partial charge in [-0.3, -0.25) is 0 Å². The molecule has 0 aliphatic heterocycles. The molecule has 0 aliphatic rings. The maximum atomic E-state index is 12.1. The molecule has 1 atom stereocenters. The van der Waals surface area contributed by atoms with Crippen molar-refractivity contribution < 1.29 is 14.6 Å². The van der Waals surface area contributed by atoms with Gasteiger partial charge in [0.25, 0.3) is 0 Å². The molecule has 4 rings (SSSR count). The number of nitrogens with zero attached hydrogens (tertiary/aromatic N) is 4. The molecular weight excluding hydrogens is 612 g/mol. The van der Waals surface area contributed by atoms with Gasteiger partial charge in [-0.25, -0.2) is 15.0 Å². The third-order valence-corrected chi connectivity index (χ3v) is 8.83. The highest BCUT2D eigenvalue weighted by atomic mass is 16.5. The van der Waals surface area contributed by atoms with E-state index in [-0.39, 0.29) is 18.9 Å². The Kier molecular flexibility index (Phi) is 15.3. The van der Waals surface area contributed by atoms with E-state index in [0.29, 0.717) is 35.4 Å². The molecule has 8 nitrogen and oxygen atoms in total. The smallest absolute Gasteiger partial charge is 0.166 e. The average Bonchev–Trinajstić information content (AvgIpc) is 3.09. The first-order valence-electron chi connectivity index (χ1n) is 18.1. The number of rotatable bonds is 21. The first-order chi connectivity index (χ1) is 23.8. The fourth-order valence-electron chi connectivity index (χ4n) is 6.06. The molecule has 262 valence electrons. The predicted molar refractivity (Wildman–Crippen MR) is 199 cm³/mol. The molecule has 1 aromatic heterocycles. The molecule has 0 bridgehead atoms. The highest BCUT2D eigenvalue weighted by molar-refractivity contribution is 5.76. The fraction of sp³-hybridized carbons (Fsp3) is 0.488. The second kappa shape index (κ2) is 19.9. The number of nitroso groups, excluding NO2 is 1. The normalized spacial score (nSPS) is 11.9. The van der Waals surface area contributed by atoms with Gasteiger partial charge in [-0.2, -0.15) is 0 Å². The van der Waals surface area contributed by atoms with Gasteiger partial charge >= 0.3 is 0 Å². The van der Waals surface area contributed by atoms with Crippen molar-refractivity contribution in [1.29, 1.82) is 0 Å². The van der Waals surface area contributed by atoms with Crippen LogP contribution in [-0.2, 0) is 4.74 Å². The van der Waals surface area contributed by atoms with Gasteiger partial charge in [-0.05, 0) is 62.6 Å². The van der Waals surface area contributed by atoms with Crippen LogP contribution in [0.15, 0.2) is 59.8 Å². The van der Waals surface area contributed by atoms with Crippen molar-refractivity contribution in [3.63, 3.8) is 0 Å². The SMILES string of the molecule is CCCCCCCCCCCCCOCC(O)COc1ccc(-c2nc(-c3ccc(C)cc3C)nc(-c3ccc(C)cc3C)n2)c(N=O)c1. The van der Waals surface area contributed by atoms with Gasteiger partial charge in [-0.15, -0.1) is 4.91 Å². The third-order valence-electron chi connectivity index (χ3n) is 8.83. The molecular formula is C41H54N4O4. The van der Waals surface area contributed by atoms with Crippen molar-refractivity contribution in [3.05, 3.63) is 81.8 Å². The summed E-state index contributed by atoms with van der Waals surface area (Å²) < 4.78 is 11.5. The molecule has 0 fully saturated rings. The highest BCUT2D eigenvalue weighted by Gasteiger charge is 2.18. The number of unbranched alkanes of at least 4 members (excludes halogenated alkanes) is 10. The summed E-state index contributed by atoms with van der Waals surface area (Å²) in [5.41, 5.74) is 6.77. The Morgan fingerprint density at radius 1 is 0.633 bits per heavy atom. The van der Waals surface area contributed by atoms with Crippen molar-refractivity contribution in [2.24, 2.45) is 5.18 Å². The topological polar surface area (TPSA) is 107 Å². The predicted octanol–water partition coefficient (Wildman–Crippen LogP) is 10.6.